The number of aryl methyl sites for hydroxylation is 1. The number of rotatable bonds is 3. The van der Waals surface area contributed by atoms with Gasteiger partial charge in [0.1, 0.15) is 28.9 Å². The molecule has 0 amide bonds. The summed E-state index contributed by atoms with van der Waals surface area (Å²) in [5.74, 6) is 0.549. The quantitative estimate of drug-likeness (QED) is 0.836. The Kier molecular flexibility index (Phi) is 4.50. The maximum absolute atomic E-state index is 12.6. The number of phenols is 1. The van der Waals surface area contributed by atoms with Crippen molar-refractivity contribution in [1.29, 1.82) is 0 Å². The van der Waals surface area contributed by atoms with E-state index in [0.717, 1.165) is 43.5 Å². The zero-order valence-corrected chi connectivity index (χ0v) is 15.2. The Morgan fingerprint density at radius 1 is 1.23 bits per heavy atom. The minimum Gasteiger partial charge on any atom is -0.508 e. The largest absolute Gasteiger partial charge is 0.508 e. The Morgan fingerprint density at radius 2 is 2.00 bits per heavy atom. The van der Waals surface area contributed by atoms with Gasteiger partial charge in [0, 0.05) is 44.7 Å². The number of fused-ring (bicyclic) bond motifs is 1. The molecule has 2 fully saturated rings. The van der Waals surface area contributed by atoms with Crippen molar-refractivity contribution in [3.63, 3.8) is 0 Å². The molecule has 0 bridgehead atoms. The molecule has 1 N–H and O–H groups in total. The second-order valence-electron chi connectivity index (χ2n) is 7.07. The second-order valence-corrected chi connectivity index (χ2v) is 7.07. The number of phenolic OH excluding ortho intramolecular Hbond substituents is 1. The summed E-state index contributed by atoms with van der Waals surface area (Å²) < 4.78 is 17.0. The van der Waals surface area contributed by atoms with E-state index in [9.17, 15) is 9.90 Å². The van der Waals surface area contributed by atoms with Crippen LogP contribution in [0.3, 0.4) is 0 Å². The standard InChI is InChI=1S/C19H24N2O5/c1-12-17-15(25-14-3-8-24-11-14)9-13(22)10-16(17)26-19(23)18(12)21-6-4-20(2)5-7-21/h9-10,14,22H,3-8,11H2,1-2H3. The molecule has 1 atom stereocenters. The number of hydrogen-bond acceptors (Lipinski definition) is 7. The molecular weight excluding hydrogens is 336 g/mol. The van der Waals surface area contributed by atoms with Crippen LogP contribution in [0.1, 0.15) is 12.0 Å². The molecule has 0 radical (unpaired) electrons. The number of hydrogen-bond donors (Lipinski definition) is 1. The first-order valence-electron chi connectivity index (χ1n) is 9.01. The van der Waals surface area contributed by atoms with Gasteiger partial charge in [0.05, 0.1) is 18.6 Å². The summed E-state index contributed by atoms with van der Waals surface area (Å²) in [5.41, 5.74) is 1.39. The average Bonchev–Trinajstić information content (AvgIpc) is 3.08. The Bertz CT molecular complexity index is 864. The summed E-state index contributed by atoms with van der Waals surface area (Å²) in [4.78, 5) is 17.0. The molecule has 1 aromatic heterocycles. The first kappa shape index (κ1) is 17.2. The molecule has 0 spiro atoms. The van der Waals surface area contributed by atoms with Crippen molar-refractivity contribution >= 4 is 16.7 Å². The molecule has 2 aliphatic rings. The summed E-state index contributed by atoms with van der Waals surface area (Å²) >= 11 is 0. The molecule has 26 heavy (non-hydrogen) atoms. The van der Waals surface area contributed by atoms with E-state index in [1.807, 2.05) is 6.92 Å². The Morgan fingerprint density at radius 3 is 2.69 bits per heavy atom. The van der Waals surface area contributed by atoms with Crippen molar-refractivity contribution in [2.24, 2.45) is 0 Å². The summed E-state index contributed by atoms with van der Waals surface area (Å²) in [7, 11) is 2.07. The van der Waals surface area contributed by atoms with Crippen LogP contribution in [0.5, 0.6) is 11.5 Å². The molecule has 140 valence electrons. The Labute approximate surface area is 151 Å². The van der Waals surface area contributed by atoms with Crippen LogP contribution in [-0.2, 0) is 4.74 Å². The molecule has 2 aromatic rings. The fourth-order valence-corrected chi connectivity index (χ4v) is 3.72. The maximum Gasteiger partial charge on any atom is 0.360 e. The van der Waals surface area contributed by atoms with Gasteiger partial charge in [-0.25, -0.2) is 4.79 Å². The maximum atomic E-state index is 12.6. The number of ether oxygens (including phenoxy) is 2. The van der Waals surface area contributed by atoms with E-state index in [2.05, 4.69) is 16.8 Å². The number of likely N-dealkylation sites (N-methyl/N-ethyl adjacent to an activating group) is 1. The summed E-state index contributed by atoms with van der Waals surface area (Å²) in [6.07, 6.45) is 0.747. The highest BCUT2D eigenvalue weighted by atomic mass is 16.5. The molecule has 4 rings (SSSR count). The van der Waals surface area contributed by atoms with Crippen LogP contribution in [0.2, 0.25) is 0 Å². The van der Waals surface area contributed by atoms with E-state index >= 15 is 0 Å². The lowest BCUT2D eigenvalue weighted by atomic mass is 10.1. The Hall–Kier alpha value is -2.25. The third-order valence-corrected chi connectivity index (χ3v) is 5.18. The molecule has 7 heteroatoms. The van der Waals surface area contributed by atoms with Gasteiger partial charge in [-0.3, -0.25) is 0 Å². The van der Waals surface area contributed by atoms with E-state index in [4.69, 9.17) is 13.9 Å². The molecule has 0 saturated carbocycles. The van der Waals surface area contributed by atoms with E-state index in [1.54, 1.807) is 6.07 Å². The molecule has 1 aromatic carbocycles. The van der Waals surface area contributed by atoms with Crippen LogP contribution in [0, 0.1) is 6.92 Å². The monoisotopic (exact) mass is 360 g/mol. The van der Waals surface area contributed by atoms with Gasteiger partial charge in [0.2, 0.25) is 0 Å². The smallest absolute Gasteiger partial charge is 0.360 e. The zero-order chi connectivity index (χ0) is 18.3. The topological polar surface area (TPSA) is 75.4 Å². The van der Waals surface area contributed by atoms with Gasteiger partial charge in [-0.15, -0.1) is 0 Å². The van der Waals surface area contributed by atoms with Gasteiger partial charge in [-0.05, 0) is 19.5 Å². The highest BCUT2D eigenvalue weighted by Gasteiger charge is 2.25. The van der Waals surface area contributed by atoms with Crippen molar-refractivity contribution in [3.05, 3.63) is 28.1 Å². The number of benzene rings is 1. The first-order valence-corrected chi connectivity index (χ1v) is 9.01. The molecule has 7 nitrogen and oxygen atoms in total. The molecule has 3 heterocycles. The van der Waals surface area contributed by atoms with Crippen LogP contribution in [0.15, 0.2) is 21.3 Å². The fraction of sp³-hybridized carbons (Fsp3) is 0.526. The van der Waals surface area contributed by atoms with E-state index < -0.39 is 0 Å². The van der Waals surface area contributed by atoms with Crippen molar-refractivity contribution in [2.75, 3.05) is 51.3 Å². The lowest BCUT2D eigenvalue weighted by Gasteiger charge is -2.34. The lowest BCUT2D eigenvalue weighted by molar-refractivity contribution is 0.142. The number of aromatic hydroxyl groups is 1. The van der Waals surface area contributed by atoms with Crippen LogP contribution in [0.25, 0.3) is 11.0 Å². The highest BCUT2D eigenvalue weighted by molar-refractivity contribution is 5.91. The summed E-state index contributed by atoms with van der Waals surface area (Å²) in [5, 5.41) is 10.8. The van der Waals surface area contributed by atoms with Gasteiger partial charge < -0.3 is 28.8 Å². The molecule has 2 saturated heterocycles. The van der Waals surface area contributed by atoms with E-state index in [0.29, 0.717) is 30.2 Å². The molecule has 0 aliphatic carbocycles. The first-order chi connectivity index (χ1) is 12.5. The number of nitrogens with zero attached hydrogens (tertiary/aromatic N) is 2. The van der Waals surface area contributed by atoms with Crippen molar-refractivity contribution in [3.8, 4) is 11.5 Å². The summed E-state index contributed by atoms with van der Waals surface area (Å²) in [6, 6.07) is 3.05. The van der Waals surface area contributed by atoms with Crippen LogP contribution in [0.4, 0.5) is 5.69 Å². The predicted octanol–water partition coefficient (Wildman–Crippen LogP) is 1.73. The molecular formula is C19H24N2O5. The van der Waals surface area contributed by atoms with Crippen molar-refractivity contribution in [1.82, 2.24) is 4.90 Å². The predicted molar refractivity (Wildman–Crippen MR) is 98.4 cm³/mol. The van der Waals surface area contributed by atoms with Crippen molar-refractivity contribution in [2.45, 2.75) is 19.4 Å². The van der Waals surface area contributed by atoms with Crippen LogP contribution in [-0.4, -0.2) is 62.6 Å². The van der Waals surface area contributed by atoms with E-state index in [1.165, 1.54) is 6.07 Å². The van der Waals surface area contributed by atoms with Crippen molar-refractivity contribution < 1.29 is 19.0 Å². The van der Waals surface area contributed by atoms with Gasteiger partial charge in [-0.1, -0.05) is 0 Å². The van der Waals surface area contributed by atoms with E-state index in [-0.39, 0.29) is 17.5 Å². The number of anilines is 1. The third kappa shape index (κ3) is 3.12. The minimum atomic E-state index is -0.375. The van der Waals surface area contributed by atoms with Gasteiger partial charge in [0.15, 0.2) is 0 Å². The lowest BCUT2D eigenvalue weighted by Crippen LogP contribution is -2.46. The van der Waals surface area contributed by atoms with Gasteiger partial charge in [0.25, 0.3) is 0 Å². The minimum absolute atomic E-state index is 0.0151. The SMILES string of the molecule is Cc1c(N2CCN(C)CC2)c(=O)oc2cc(O)cc(OC3CCOC3)c12. The summed E-state index contributed by atoms with van der Waals surface area (Å²) in [6.45, 7) is 6.46. The second kappa shape index (κ2) is 6.81. The van der Waals surface area contributed by atoms with Crippen LogP contribution >= 0.6 is 0 Å². The van der Waals surface area contributed by atoms with Crippen LogP contribution < -0.4 is 15.3 Å². The average molecular weight is 360 g/mol. The zero-order valence-electron chi connectivity index (χ0n) is 15.2. The third-order valence-electron chi connectivity index (χ3n) is 5.18. The highest BCUT2D eigenvalue weighted by Crippen LogP contribution is 2.36. The number of piperazine rings is 1. The Balaban J connectivity index is 1.81. The normalized spacial score (nSPS) is 21.5. The fourth-order valence-electron chi connectivity index (χ4n) is 3.72. The van der Waals surface area contributed by atoms with Gasteiger partial charge in [-0.2, -0.15) is 0 Å². The van der Waals surface area contributed by atoms with Gasteiger partial charge >= 0.3 is 5.63 Å². The molecule has 2 aliphatic heterocycles. The molecule has 1 unspecified atom stereocenters.